The quantitative estimate of drug-likeness (QED) is 0.562. The highest BCUT2D eigenvalue weighted by Crippen LogP contribution is 2.18. The van der Waals surface area contributed by atoms with E-state index in [0.29, 0.717) is 6.54 Å². The number of benzene rings is 3. The number of hydrogen-bond donors (Lipinski definition) is 1. The molecule has 0 radical (unpaired) electrons. The average molecular weight is 329 g/mol. The van der Waals surface area contributed by atoms with Crippen LogP contribution in [0.3, 0.4) is 0 Å². The van der Waals surface area contributed by atoms with Crippen LogP contribution in [0, 0.1) is 0 Å². The van der Waals surface area contributed by atoms with Crippen molar-refractivity contribution >= 4 is 27.7 Å². The van der Waals surface area contributed by atoms with E-state index >= 15 is 0 Å². The van der Waals surface area contributed by atoms with Gasteiger partial charge in [-0.2, -0.15) is 0 Å². The summed E-state index contributed by atoms with van der Waals surface area (Å²) in [5, 5.41) is 5.10. The standard InChI is InChI=1S/C21H19N3O/c25-21(18-10-5-8-16-7-1-2-9-17(16)18)22-13-6-14-24-15-23-19-11-3-4-12-20(19)24/h1-5,7-12,15H,6,13-14H2,(H,22,25). The Bertz CT molecular complexity index is 1030. The second kappa shape index (κ2) is 6.77. The number of imidazole rings is 1. The Morgan fingerprint density at radius 1 is 0.960 bits per heavy atom. The van der Waals surface area contributed by atoms with E-state index in [1.807, 2.05) is 67.0 Å². The van der Waals surface area contributed by atoms with Gasteiger partial charge in [0.2, 0.25) is 0 Å². The third-order valence-corrected chi connectivity index (χ3v) is 4.42. The van der Waals surface area contributed by atoms with E-state index in [-0.39, 0.29) is 5.91 Å². The molecular formula is C21H19N3O. The number of hydrogen-bond acceptors (Lipinski definition) is 2. The molecule has 4 aromatic rings. The number of para-hydroxylation sites is 2. The second-order valence-electron chi connectivity index (χ2n) is 6.06. The van der Waals surface area contributed by atoms with Gasteiger partial charge >= 0.3 is 0 Å². The maximum absolute atomic E-state index is 12.5. The molecule has 0 fully saturated rings. The van der Waals surface area contributed by atoms with Gasteiger partial charge in [0.25, 0.3) is 5.91 Å². The molecule has 25 heavy (non-hydrogen) atoms. The van der Waals surface area contributed by atoms with Crippen molar-refractivity contribution in [1.29, 1.82) is 0 Å². The number of carbonyl (C=O) groups excluding carboxylic acids is 1. The van der Waals surface area contributed by atoms with Crippen LogP contribution < -0.4 is 5.32 Å². The van der Waals surface area contributed by atoms with E-state index in [2.05, 4.69) is 20.9 Å². The van der Waals surface area contributed by atoms with Crippen molar-refractivity contribution in [3.63, 3.8) is 0 Å². The number of carbonyl (C=O) groups is 1. The van der Waals surface area contributed by atoms with Crippen LogP contribution in [-0.2, 0) is 6.54 Å². The van der Waals surface area contributed by atoms with Gasteiger partial charge in [0.15, 0.2) is 0 Å². The second-order valence-corrected chi connectivity index (χ2v) is 6.06. The molecule has 3 aromatic carbocycles. The first-order valence-corrected chi connectivity index (χ1v) is 8.49. The van der Waals surface area contributed by atoms with Crippen molar-refractivity contribution in [3.8, 4) is 0 Å². The number of fused-ring (bicyclic) bond motifs is 2. The molecule has 0 unspecified atom stereocenters. The van der Waals surface area contributed by atoms with Gasteiger partial charge in [-0.15, -0.1) is 0 Å². The fraction of sp³-hybridized carbons (Fsp3) is 0.143. The number of amides is 1. The predicted molar refractivity (Wildman–Crippen MR) is 101 cm³/mol. The molecule has 0 atom stereocenters. The third kappa shape index (κ3) is 3.11. The van der Waals surface area contributed by atoms with Gasteiger partial charge in [0.05, 0.1) is 17.4 Å². The monoisotopic (exact) mass is 329 g/mol. The van der Waals surface area contributed by atoms with Crippen LogP contribution in [0.15, 0.2) is 73.1 Å². The van der Waals surface area contributed by atoms with Gasteiger partial charge in [-0.05, 0) is 35.4 Å². The highest BCUT2D eigenvalue weighted by Gasteiger charge is 2.09. The summed E-state index contributed by atoms with van der Waals surface area (Å²) in [4.78, 5) is 16.9. The van der Waals surface area contributed by atoms with Crippen LogP contribution in [0.25, 0.3) is 21.8 Å². The largest absolute Gasteiger partial charge is 0.352 e. The Morgan fingerprint density at radius 3 is 2.72 bits per heavy atom. The Hall–Kier alpha value is -3.14. The van der Waals surface area contributed by atoms with Gasteiger partial charge in [-0.25, -0.2) is 4.98 Å². The normalized spacial score (nSPS) is 11.0. The SMILES string of the molecule is O=C(NCCCn1cnc2ccccc21)c1cccc2ccccc12. The summed E-state index contributed by atoms with van der Waals surface area (Å²) in [6, 6.07) is 21.9. The van der Waals surface area contributed by atoms with Gasteiger partial charge < -0.3 is 9.88 Å². The lowest BCUT2D eigenvalue weighted by Gasteiger charge is -2.09. The van der Waals surface area contributed by atoms with Crippen LogP contribution >= 0.6 is 0 Å². The Morgan fingerprint density at radius 2 is 1.76 bits per heavy atom. The van der Waals surface area contributed by atoms with Crippen LogP contribution in [0.5, 0.6) is 0 Å². The minimum Gasteiger partial charge on any atom is -0.352 e. The number of nitrogens with zero attached hydrogens (tertiary/aromatic N) is 2. The maximum atomic E-state index is 12.5. The van der Waals surface area contributed by atoms with Crippen molar-refractivity contribution < 1.29 is 4.79 Å². The van der Waals surface area contributed by atoms with E-state index in [0.717, 1.165) is 40.3 Å². The van der Waals surface area contributed by atoms with Gasteiger partial charge in [0.1, 0.15) is 0 Å². The van der Waals surface area contributed by atoms with Crippen molar-refractivity contribution in [2.75, 3.05) is 6.54 Å². The molecule has 0 aliphatic heterocycles. The molecule has 4 nitrogen and oxygen atoms in total. The minimum atomic E-state index is -0.0210. The zero-order valence-electron chi connectivity index (χ0n) is 13.9. The predicted octanol–water partition coefficient (Wildman–Crippen LogP) is 4.01. The van der Waals surface area contributed by atoms with E-state index in [1.165, 1.54) is 0 Å². The summed E-state index contributed by atoms with van der Waals surface area (Å²) in [5.74, 6) is -0.0210. The highest BCUT2D eigenvalue weighted by molar-refractivity contribution is 6.06. The Labute approximate surface area is 146 Å². The molecular weight excluding hydrogens is 310 g/mol. The third-order valence-electron chi connectivity index (χ3n) is 4.42. The maximum Gasteiger partial charge on any atom is 0.251 e. The van der Waals surface area contributed by atoms with Crippen LogP contribution in [0.1, 0.15) is 16.8 Å². The summed E-state index contributed by atoms with van der Waals surface area (Å²) in [6.07, 6.45) is 2.72. The molecule has 4 rings (SSSR count). The topological polar surface area (TPSA) is 46.9 Å². The van der Waals surface area contributed by atoms with Crippen molar-refractivity contribution in [2.24, 2.45) is 0 Å². The van der Waals surface area contributed by atoms with E-state index in [4.69, 9.17) is 0 Å². The number of aromatic nitrogens is 2. The first kappa shape index (κ1) is 15.4. The summed E-state index contributed by atoms with van der Waals surface area (Å²) >= 11 is 0. The fourth-order valence-corrected chi connectivity index (χ4v) is 3.16. The van der Waals surface area contributed by atoms with Gasteiger partial charge in [0, 0.05) is 18.7 Å². The van der Waals surface area contributed by atoms with Crippen LogP contribution in [-0.4, -0.2) is 22.0 Å². The molecule has 1 aromatic heterocycles. The molecule has 0 aliphatic rings. The molecule has 0 saturated heterocycles. The summed E-state index contributed by atoms with van der Waals surface area (Å²) in [6.45, 7) is 1.46. The molecule has 1 amide bonds. The van der Waals surface area contributed by atoms with Crippen molar-refractivity contribution in [2.45, 2.75) is 13.0 Å². The molecule has 1 N–H and O–H groups in total. The molecule has 0 aliphatic carbocycles. The van der Waals surface area contributed by atoms with E-state index in [1.54, 1.807) is 0 Å². The lowest BCUT2D eigenvalue weighted by molar-refractivity contribution is 0.0954. The molecule has 4 heteroatoms. The lowest BCUT2D eigenvalue weighted by Crippen LogP contribution is -2.25. The van der Waals surface area contributed by atoms with Gasteiger partial charge in [-0.3, -0.25) is 4.79 Å². The van der Waals surface area contributed by atoms with E-state index in [9.17, 15) is 4.79 Å². The molecule has 124 valence electrons. The smallest absolute Gasteiger partial charge is 0.251 e. The Balaban J connectivity index is 1.39. The highest BCUT2D eigenvalue weighted by atomic mass is 16.1. The minimum absolute atomic E-state index is 0.0210. The summed E-state index contributed by atoms with van der Waals surface area (Å²) < 4.78 is 2.12. The van der Waals surface area contributed by atoms with Crippen LogP contribution in [0.2, 0.25) is 0 Å². The van der Waals surface area contributed by atoms with Crippen molar-refractivity contribution in [3.05, 3.63) is 78.6 Å². The average Bonchev–Trinajstić information content (AvgIpc) is 3.08. The molecule has 0 spiro atoms. The molecule has 0 saturated carbocycles. The molecule has 0 bridgehead atoms. The number of nitrogens with one attached hydrogen (secondary N) is 1. The van der Waals surface area contributed by atoms with E-state index < -0.39 is 0 Å². The van der Waals surface area contributed by atoms with Crippen molar-refractivity contribution in [1.82, 2.24) is 14.9 Å². The lowest BCUT2D eigenvalue weighted by atomic mass is 10.0. The summed E-state index contributed by atoms with van der Waals surface area (Å²) in [7, 11) is 0. The van der Waals surface area contributed by atoms with Gasteiger partial charge in [-0.1, -0.05) is 48.5 Å². The first-order valence-electron chi connectivity index (χ1n) is 8.49. The zero-order valence-corrected chi connectivity index (χ0v) is 13.9. The first-order chi connectivity index (χ1) is 12.3. The van der Waals surface area contributed by atoms with Crippen LogP contribution in [0.4, 0.5) is 0 Å². The number of aryl methyl sites for hydroxylation is 1. The molecule has 1 heterocycles. The zero-order chi connectivity index (χ0) is 17.1. The Kier molecular flexibility index (Phi) is 4.17. The summed E-state index contributed by atoms with van der Waals surface area (Å²) in [5.41, 5.74) is 2.86. The number of rotatable bonds is 5. The fourth-order valence-electron chi connectivity index (χ4n) is 3.16.